The van der Waals surface area contributed by atoms with Gasteiger partial charge in [-0.25, -0.2) is 0 Å². The predicted octanol–water partition coefficient (Wildman–Crippen LogP) is 0.745. The fourth-order valence-electron chi connectivity index (χ4n) is 2.83. The molecule has 8 heteroatoms. The Labute approximate surface area is 139 Å². The first-order valence-corrected chi connectivity index (χ1v) is 7.87. The van der Waals surface area contributed by atoms with Crippen molar-refractivity contribution in [2.24, 2.45) is 5.73 Å². The van der Waals surface area contributed by atoms with E-state index in [-0.39, 0.29) is 18.5 Å². The Bertz CT molecular complexity index is 676. The number of nitrogens with zero attached hydrogens (tertiary/aromatic N) is 3. The van der Waals surface area contributed by atoms with Gasteiger partial charge in [0.25, 0.3) is 11.7 Å². The smallest absolute Gasteiger partial charge is 0.290 e. The van der Waals surface area contributed by atoms with Crippen LogP contribution in [0, 0.1) is 0 Å². The minimum Gasteiger partial charge on any atom is -0.491 e. The van der Waals surface area contributed by atoms with Crippen molar-refractivity contribution < 1.29 is 19.2 Å². The Balaban J connectivity index is 1.56. The van der Waals surface area contributed by atoms with Crippen molar-refractivity contribution in [1.29, 1.82) is 0 Å². The zero-order chi connectivity index (χ0) is 16.9. The SMILES string of the molecule is NC(=O)c1noc([C@@H]2CCCN2C[C@H](O)COc2ccccc2)n1. The zero-order valence-electron chi connectivity index (χ0n) is 13.2. The highest BCUT2D eigenvalue weighted by molar-refractivity contribution is 5.88. The minimum absolute atomic E-state index is 0.114. The van der Waals surface area contributed by atoms with Crippen molar-refractivity contribution in [2.75, 3.05) is 19.7 Å². The molecule has 2 aromatic rings. The number of carbonyl (C=O) groups is 1. The van der Waals surface area contributed by atoms with Crippen LogP contribution in [0.1, 0.15) is 35.4 Å². The normalized spacial score (nSPS) is 19.3. The lowest BCUT2D eigenvalue weighted by molar-refractivity contribution is 0.0589. The van der Waals surface area contributed by atoms with Crippen LogP contribution >= 0.6 is 0 Å². The number of rotatable bonds is 7. The van der Waals surface area contributed by atoms with E-state index in [2.05, 4.69) is 15.0 Å². The van der Waals surface area contributed by atoms with Crippen LogP contribution in [-0.2, 0) is 0 Å². The first-order chi connectivity index (χ1) is 11.6. The number of nitrogens with two attached hydrogens (primary N) is 1. The number of aliphatic hydroxyl groups excluding tert-OH is 1. The van der Waals surface area contributed by atoms with Crippen LogP contribution in [-0.4, -0.2) is 51.9 Å². The van der Waals surface area contributed by atoms with Gasteiger partial charge in [-0.05, 0) is 31.5 Å². The molecule has 0 aliphatic carbocycles. The van der Waals surface area contributed by atoms with Gasteiger partial charge in [0.05, 0.1) is 6.04 Å². The molecule has 2 heterocycles. The van der Waals surface area contributed by atoms with Gasteiger partial charge in [0.1, 0.15) is 18.5 Å². The molecule has 0 saturated carbocycles. The maximum atomic E-state index is 11.1. The molecule has 0 spiro atoms. The molecular formula is C16H20N4O4. The van der Waals surface area contributed by atoms with Gasteiger partial charge in [0.15, 0.2) is 0 Å². The molecule has 1 aliphatic heterocycles. The standard InChI is InChI=1S/C16H20N4O4/c17-14(22)15-18-16(24-19-15)13-7-4-8-20(13)9-11(21)10-23-12-5-2-1-3-6-12/h1-3,5-6,11,13,21H,4,7-10H2,(H2,17,22)/t11-,13-/m0/s1. The number of likely N-dealkylation sites (tertiary alicyclic amines) is 1. The lowest BCUT2D eigenvalue weighted by Gasteiger charge is -2.24. The molecule has 1 aromatic carbocycles. The number of para-hydroxylation sites is 1. The number of benzene rings is 1. The molecule has 1 saturated heterocycles. The van der Waals surface area contributed by atoms with Crippen molar-refractivity contribution in [1.82, 2.24) is 15.0 Å². The Morgan fingerprint density at radius 1 is 1.46 bits per heavy atom. The number of ether oxygens (including phenoxy) is 1. The van der Waals surface area contributed by atoms with Crippen LogP contribution < -0.4 is 10.5 Å². The van der Waals surface area contributed by atoms with Crippen LogP contribution in [0.2, 0.25) is 0 Å². The summed E-state index contributed by atoms with van der Waals surface area (Å²) in [4.78, 5) is 17.2. The summed E-state index contributed by atoms with van der Waals surface area (Å²) in [6.45, 7) is 1.43. The summed E-state index contributed by atoms with van der Waals surface area (Å²) in [5.41, 5.74) is 5.14. The molecule has 1 aliphatic rings. The lowest BCUT2D eigenvalue weighted by atomic mass is 10.2. The van der Waals surface area contributed by atoms with E-state index in [4.69, 9.17) is 15.0 Å². The molecule has 3 N–H and O–H groups in total. The van der Waals surface area contributed by atoms with Crippen LogP contribution in [0.15, 0.2) is 34.9 Å². The fourth-order valence-corrected chi connectivity index (χ4v) is 2.83. The molecule has 0 bridgehead atoms. The Morgan fingerprint density at radius 2 is 2.25 bits per heavy atom. The van der Waals surface area contributed by atoms with Gasteiger partial charge in [-0.1, -0.05) is 23.4 Å². The van der Waals surface area contributed by atoms with Gasteiger partial charge >= 0.3 is 0 Å². The molecule has 1 amide bonds. The summed E-state index contributed by atoms with van der Waals surface area (Å²) in [6, 6.07) is 9.23. The Hall–Kier alpha value is -2.45. The van der Waals surface area contributed by atoms with Gasteiger partial charge in [-0.3, -0.25) is 9.69 Å². The lowest BCUT2D eigenvalue weighted by Crippen LogP contribution is -2.35. The van der Waals surface area contributed by atoms with Gasteiger partial charge in [-0.15, -0.1) is 0 Å². The molecule has 0 radical (unpaired) electrons. The van der Waals surface area contributed by atoms with E-state index in [0.717, 1.165) is 25.1 Å². The number of amides is 1. The second-order valence-electron chi connectivity index (χ2n) is 5.75. The third kappa shape index (κ3) is 3.90. The molecule has 8 nitrogen and oxygen atoms in total. The third-order valence-electron chi connectivity index (χ3n) is 3.94. The van der Waals surface area contributed by atoms with Crippen molar-refractivity contribution in [3.8, 4) is 5.75 Å². The zero-order valence-corrected chi connectivity index (χ0v) is 13.2. The summed E-state index contributed by atoms with van der Waals surface area (Å²) in [6.07, 6.45) is 1.13. The van der Waals surface area contributed by atoms with Crippen LogP contribution in [0.4, 0.5) is 0 Å². The minimum atomic E-state index is -0.717. The number of β-amino-alcohol motifs (C(OH)–C–C–N with tert-alkyl or cyclic N) is 1. The number of hydrogen-bond donors (Lipinski definition) is 2. The van der Waals surface area contributed by atoms with E-state index in [1.165, 1.54) is 0 Å². The van der Waals surface area contributed by atoms with Crippen molar-refractivity contribution in [2.45, 2.75) is 25.0 Å². The molecule has 128 valence electrons. The van der Waals surface area contributed by atoms with Crippen molar-refractivity contribution in [3.05, 3.63) is 42.0 Å². The summed E-state index contributed by atoms with van der Waals surface area (Å²) in [5.74, 6) is 0.241. The van der Waals surface area contributed by atoms with Crippen molar-refractivity contribution in [3.63, 3.8) is 0 Å². The molecule has 3 rings (SSSR count). The van der Waals surface area contributed by atoms with Crippen LogP contribution in [0.5, 0.6) is 5.75 Å². The number of aliphatic hydroxyl groups is 1. The maximum absolute atomic E-state index is 11.1. The predicted molar refractivity (Wildman–Crippen MR) is 84.3 cm³/mol. The summed E-state index contributed by atoms with van der Waals surface area (Å²) in [5, 5.41) is 13.8. The fraction of sp³-hybridized carbons (Fsp3) is 0.438. The maximum Gasteiger partial charge on any atom is 0.290 e. The average molecular weight is 332 g/mol. The Kier molecular flexibility index (Phi) is 5.07. The third-order valence-corrected chi connectivity index (χ3v) is 3.94. The summed E-state index contributed by atoms with van der Waals surface area (Å²) < 4.78 is 10.7. The van der Waals surface area contributed by atoms with E-state index in [0.29, 0.717) is 12.4 Å². The second-order valence-corrected chi connectivity index (χ2v) is 5.75. The van der Waals surface area contributed by atoms with E-state index in [1.54, 1.807) is 0 Å². The molecule has 2 atom stereocenters. The average Bonchev–Trinajstić information content (AvgIpc) is 3.22. The molecule has 0 unspecified atom stereocenters. The highest BCUT2D eigenvalue weighted by Gasteiger charge is 2.32. The Morgan fingerprint density at radius 3 is 2.96 bits per heavy atom. The first-order valence-electron chi connectivity index (χ1n) is 7.87. The highest BCUT2D eigenvalue weighted by atomic mass is 16.5. The number of aromatic nitrogens is 2. The highest BCUT2D eigenvalue weighted by Crippen LogP contribution is 2.30. The molecule has 1 aromatic heterocycles. The van der Waals surface area contributed by atoms with E-state index in [9.17, 15) is 9.90 Å². The van der Waals surface area contributed by atoms with Crippen molar-refractivity contribution >= 4 is 5.91 Å². The first kappa shape index (κ1) is 16.4. The molecule has 24 heavy (non-hydrogen) atoms. The van der Waals surface area contributed by atoms with Crippen LogP contribution in [0.3, 0.4) is 0 Å². The van der Waals surface area contributed by atoms with Gasteiger partial charge in [-0.2, -0.15) is 4.98 Å². The van der Waals surface area contributed by atoms with E-state index < -0.39 is 12.0 Å². The monoisotopic (exact) mass is 332 g/mol. The largest absolute Gasteiger partial charge is 0.491 e. The quantitative estimate of drug-likeness (QED) is 0.768. The van der Waals surface area contributed by atoms with E-state index in [1.807, 2.05) is 30.3 Å². The second kappa shape index (κ2) is 7.41. The number of carbonyl (C=O) groups excluding carboxylic acids is 1. The molecule has 1 fully saturated rings. The topological polar surface area (TPSA) is 115 Å². The summed E-state index contributed by atoms with van der Waals surface area (Å²) >= 11 is 0. The number of primary amides is 1. The van der Waals surface area contributed by atoms with Gasteiger partial charge < -0.3 is 20.1 Å². The van der Waals surface area contributed by atoms with Gasteiger partial charge in [0, 0.05) is 6.54 Å². The molecular weight excluding hydrogens is 312 g/mol. The van der Waals surface area contributed by atoms with Gasteiger partial charge in [0.2, 0.25) is 5.89 Å². The van der Waals surface area contributed by atoms with E-state index >= 15 is 0 Å². The summed E-state index contributed by atoms with van der Waals surface area (Å²) in [7, 11) is 0. The van der Waals surface area contributed by atoms with Crippen LogP contribution in [0.25, 0.3) is 0 Å². The number of hydrogen-bond acceptors (Lipinski definition) is 7.